The Labute approximate surface area is 172 Å². The molecule has 4 heterocycles. The van der Waals surface area contributed by atoms with Crippen molar-refractivity contribution in [3.8, 4) is 40.1 Å². The summed E-state index contributed by atoms with van der Waals surface area (Å²) >= 11 is 0. The lowest BCUT2D eigenvalue weighted by atomic mass is 10.1. The van der Waals surface area contributed by atoms with Gasteiger partial charge in [0.1, 0.15) is 0 Å². The first kappa shape index (κ1) is 18.0. The van der Waals surface area contributed by atoms with E-state index in [9.17, 15) is 0 Å². The summed E-state index contributed by atoms with van der Waals surface area (Å²) in [5.74, 6) is 2.03. The van der Waals surface area contributed by atoms with Crippen molar-refractivity contribution in [3.05, 3.63) is 72.0 Å². The maximum absolute atomic E-state index is 5.58. The zero-order valence-electron chi connectivity index (χ0n) is 16.7. The Morgan fingerprint density at radius 2 is 1.70 bits per heavy atom. The van der Waals surface area contributed by atoms with Crippen molar-refractivity contribution in [1.29, 1.82) is 0 Å². The first-order chi connectivity index (χ1) is 14.6. The SMILES string of the molecule is Cc1ccc(-c2ocnc2-c2nc(-c3ccc(-n4nc(C)cc4C)nc3)no2)cc1. The third-order valence-electron chi connectivity index (χ3n) is 4.74. The van der Waals surface area contributed by atoms with Crippen LogP contribution in [-0.2, 0) is 0 Å². The molecule has 0 spiro atoms. The van der Waals surface area contributed by atoms with Crippen molar-refractivity contribution in [2.24, 2.45) is 0 Å². The highest BCUT2D eigenvalue weighted by atomic mass is 16.5. The second-order valence-electron chi connectivity index (χ2n) is 7.06. The van der Waals surface area contributed by atoms with Crippen LogP contribution in [0.2, 0.25) is 0 Å². The van der Waals surface area contributed by atoms with E-state index in [1.165, 1.54) is 6.39 Å². The number of aromatic nitrogens is 6. The smallest absolute Gasteiger partial charge is 0.280 e. The van der Waals surface area contributed by atoms with E-state index in [4.69, 9.17) is 8.94 Å². The molecule has 0 bridgehead atoms. The maximum Gasteiger partial charge on any atom is 0.280 e. The van der Waals surface area contributed by atoms with Crippen LogP contribution in [0.1, 0.15) is 17.0 Å². The third kappa shape index (κ3) is 3.18. The van der Waals surface area contributed by atoms with Crippen LogP contribution in [0.15, 0.2) is 64.0 Å². The predicted octanol–water partition coefficient (Wildman–Crippen LogP) is 4.56. The first-order valence-corrected chi connectivity index (χ1v) is 9.43. The Morgan fingerprint density at radius 3 is 2.40 bits per heavy atom. The lowest BCUT2D eigenvalue weighted by molar-refractivity contribution is 0.431. The number of benzene rings is 1. The average molecular weight is 398 g/mol. The van der Waals surface area contributed by atoms with Gasteiger partial charge >= 0.3 is 0 Å². The number of hydrogen-bond acceptors (Lipinski definition) is 7. The van der Waals surface area contributed by atoms with E-state index in [1.807, 2.05) is 63.2 Å². The molecule has 5 aromatic rings. The van der Waals surface area contributed by atoms with Crippen molar-refractivity contribution in [2.45, 2.75) is 20.8 Å². The average Bonchev–Trinajstić information content (AvgIpc) is 3.48. The standard InChI is InChI=1S/C22H18N6O2/c1-13-4-6-16(7-5-13)20-19(24-12-29-20)22-25-21(27-30-22)17-8-9-18(23-11-17)28-15(3)10-14(2)26-28/h4-12H,1-3H3. The lowest BCUT2D eigenvalue weighted by Crippen LogP contribution is -2.01. The molecule has 0 fully saturated rings. The number of pyridine rings is 1. The van der Waals surface area contributed by atoms with Crippen molar-refractivity contribution >= 4 is 0 Å². The van der Waals surface area contributed by atoms with E-state index in [0.29, 0.717) is 17.3 Å². The molecule has 0 amide bonds. The van der Waals surface area contributed by atoms with Crippen LogP contribution in [0, 0.1) is 20.8 Å². The summed E-state index contributed by atoms with van der Waals surface area (Å²) in [5, 5.41) is 8.54. The molecule has 0 aliphatic rings. The van der Waals surface area contributed by atoms with Gasteiger partial charge in [0.2, 0.25) is 5.82 Å². The molecule has 0 aliphatic heterocycles. The van der Waals surface area contributed by atoms with Gasteiger partial charge in [0, 0.05) is 23.0 Å². The van der Waals surface area contributed by atoms with E-state index in [0.717, 1.165) is 33.9 Å². The lowest BCUT2D eigenvalue weighted by Gasteiger charge is -2.03. The highest BCUT2D eigenvalue weighted by molar-refractivity contribution is 5.73. The number of aryl methyl sites for hydroxylation is 3. The highest BCUT2D eigenvalue weighted by Crippen LogP contribution is 2.31. The van der Waals surface area contributed by atoms with Gasteiger partial charge < -0.3 is 8.94 Å². The summed E-state index contributed by atoms with van der Waals surface area (Å²) in [6.07, 6.45) is 3.07. The summed E-state index contributed by atoms with van der Waals surface area (Å²) in [7, 11) is 0. The van der Waals surface area contributed by atoms with Crippen LogP contribution >= 0.6 is 0 Å². The minimum atomic E-state index is 0.289. The van der Waals surface area contributed by atoms with Gasteiger partial charge in [-0.2, -0.15) is 10.1 Å². The fraction of sp³-hybridized carbons (Fsp3) is 0.136. The van der Waals surface area contributed by atoms with Gasteiger partial charge in [-0.15, -0.1) is 0 Å². The van der Waals surface area contributed by atoms with Gasteiger partial charge in [-0.3, -0.25) is 0 Å². The Kier molecular flexibility index (Phi) is 4.24. The van der Waals surface area contributed by atoms with Crippen molar-refractivity contribution in [1.82, 2.24) is 29.9 Å². The van der Waals surface area contributed by atoms with Crippen LogP contribution in [0.5, 0.6) is 0 Å². The van der Waals surface area contributed by atoms with Crippen LogP contribution in [0.4, 0.5) is 0 Å². The predicted molar refractivity (Wildman–Crippen MR) is 110 cm³/mol. The molecule has 0 unspecified atom stereocenters. The molecule has 5 rings (SSSR count). The van der Waals surface area contributed by atoms with Gasteiger partial charge in [-0.1, -0.05) is 35.0 Å². The van der Waals surface area contributed by atoms with Crippen LogP contribution in [0.25, 0.3) is 40.1 Å². The normalized spacial score (nSPS) is 11.2. The Morgan fingerprint density at radius 1 is 0.900 bits per heavy atom. The molecule has 0 atom stereocenters. The van der Waals surface area contributed by atoms with Crippen molar-refractivity contribution in [2.75, 3.05) is 0 Å². The Balaban J connectivity index is 1.45. The van der Waals surface area contributed by atoms with Crippen LogP contribution in [-0.4, -0.2) is 29.9 Å². The summed E-state index contributed by atoms with van der Waals surface area (Å²) in [6, 6.07) is 13.7. The highest BCUT2D eigenvalue weighted by Gasteiger charge is 2.20. The second kappa shape index (κ2) is 7.07. The number of rotatable bonds is 4. The van der Waals surface area contributed by atoms with Gasteiger partial charge in [-0.25, -0.2) is 14.6 Å². The van der Waals surface area contributed by atoms with E-state index in [1.54, 1.807) is 10.9 Å². The molecule has 0 radical (unpaired) electrons. The molecule has 1 aromatic carbocycles. The quantitative estimate of drug-likeness (QED) is 0.438. The van der Waals surface area contributed by atoms with E-state index >= 15 is 0 Å². The zero-order valence-corrected chi connectivity index (χ0v) is 16.7. The van der Waals surface area contributed by atoms with E-state index in [2.05, 4.69) is 25.2 Å². The topological polar surface area (TPSA) is 95.7 Å². The maximum atomic E-state index is 5.58. The molecule has 4 aromatic heterocycles. The molecule has 0 saturated heterocycles. The molecule has 0 saturated carbocycles. The van der Waals surface area contributed by atoms with Gasteiger partial charge in [-0.05, 0) is 39.0 Å². The second-order valence-corrected chi connectivity index (χ2v) is 7.06. The molecular weight excluding hydrogens is 380 g/mol. The first-order valence-electron chi connectivity index (χ1n) is 9.43. The Bertz CT molecular complexity index is 1310. The fourth-order valence-electron chi connectivity index (χ4n) is 3.25. The monoisotopic (exact) mass is 398 g/mol. The van der Waals surface area contributed by atoms with Gasteiger partial charge in [0.25, 0.3) is 5.89 Å². The summed E-state index contributed by atoms with van der Waals surface area (Å²) < 4.78 is 12.8. The molecule has 8 nitrogen and oxygen atoms in total. The zero-order chi connectivity index (χ0) is 20.7. The number of oxazole rings is 1. The molecule has 148 valence electrons. The van der Waals surface area contributed by atoms with Crippen LogP contribution < -0.4 is 0 Å². The molecular formula is C22H18N6O2. The summed E-state index contributed by atoms with van der Waals surface area (Å²) in [6.45, 7) is 5.97. The van der Waals surface area contributed by atoms with Gasteiger partial charge in [0.05, 0.1) is 5.69 Å². The summed E-state index contributed by atoms with van der Waals surface area (Å²) in [4.78, 5) is 13.2. The minimum absolute atomic E-state index is 0.289. The van der Waals surface area contributed by atoms with Crippen LogP contribution in [0.3, 0.4) is 0 Å². The number of hydrogen-bond donors (Lipinski definition) is 0. The van der Waals surface area contributed by atoms with E-state index < -0.39 is 0 Å². The molecule has 0 aliphatic carbocycles. The van der Waals surface area contributed by atoms with Gasteiger partial charge in [0.15, 0.2) is 23.7 Å². The summed E-state index contributed by atoms with van der Waals surface area (Å²) in [5.41, 5.74) is 5.25. The Hall–Kier alpha value is -4.07. The fourth-order valence-corrected chi connectivity index (χ4v) is 3.25. The van der Waals surface area contributed by atoms with Crippen molar-refractivity contribution < 1.29 is 8.94 Å². The molecule has 30 heavy (non-hydrogen) atoms. The van der Waals surface area contributed by atoms with E-state index in [-0.39, 0.29) is 5.89 Å². The number of nitrogens with zero attached hydrogens (tertiary/aromatic N) is 6. The van der Waals surface area contributed by atoms with Crippen molar-refractivity contribution in [3.63, 3.8) is 0 Å². The third-order valence-corrected chi connectivity index (χ3v) is 4.74. The molecule has 8 heteroatoms. The minimum Gasteiger partial charge on any atom is -0.443 e. The molecule has 0 N–H and O–H groups in total. The largest absolute Gasteiger partial charge is 0.443 e.